The van der Waals surface area contributed by atoms with Crippen molar-refractivity contribution in [1.82, 2.24) is 10.3 Å². The Bertz CT molecular complexity index is 590. The fraction of sp³-hybridized carbons (Fsp3) is 0.0769. The number of hydrogen-bond donors (Lipinski definition) is 2. The SMILES string of the molecule is CNC(=O)c1cnc(/C=C/c2cccc(O)c2)s1. The van der Waals surface area contributed by atoms with Crippen molar-refractivity contribution in [2.24, 2.45) is 0 Å². The minimum absolute atomic E-state index is 0.135. The molecule has 0 unspecified atom stereocenters. The van der Waals surface area contributed by atoms with Gasteiger partial charge in [0.15, 0.2) is 0 Å². The van der Waals surface area contributed by atoms with E-state index in [0.717, 1.165) is 10.6 Å². The Morgan fingerprint density at radius 2 is 2.28 bits per heavy atom. The van der Waals surface area contributed by atoms with Crippen LogP contribution in [-0.4, -0.2) is 23.0 Å². The van der Waals surface area contributed by atoms with E-state index in [1.165, 1.54) is 11.3 Å². The molecule has 0 aliphatic heterocycles. The first-order chi connectivity index (χ1) is 8.69. The number of benzene rings is 1. The topological polar surface area (TPSA) is 62.2 Å². The van der Waals surface area contributed by atoms with Crippen LogP contribution in [0.3, 0.4) is 0 Å². The van der Waals surface area contributed by atoms with Crippen LogP contribution in [0, 0.1) is 0 Å². The molecule has 18 heavy (non-hydrogen) atoms. The maximum absolute atomic E-state index is 11.3. The Kier molecular flexibility index (Phi) is 3.74. The first-order valence-electron chi connectivity index (χ1n) is 5.34. The third-order valence-corrected chi connectivity index (χ3v) is 3.22. The Morgan fingerprint density at radius 3 is 3.00 bits per heavy atom. The van der Waals surface area contributed by atoms with E-state index in [1.54, 1.807) is 31.4 Å². The molecule has 0 aliphatic rings. The molecule has 1 heterocycles. The minimum Gasteiger partial charge on any atom is -0.508 e. The lowest BCUT2D eigenvalue weighted by Crippen LogP contribution is -2.16. The molecule has 0 fully saturated rings. The van der Waals surface area contributed by atoms with Gasteiger partial charge in [-0.05, 0) is 23.8 Å². The van der Waals surface area contributed by atoms with Gasteiger partial charge < -0.3 is 10.4 Å². The summed E-state index contributed by atoms with van der Waals surface area (Å²) in [6.45, 7) is 0. The van der Waals surface area contributed by atoms with Crippen LogP contribution in [0.1, 0.15) is 20.2 Å². The molecule has 1 aromatic carbocycles. The first kappa shape index (κ1) is 12.3. The molecule has 0 bridgehead atoms. The molecule has 0 aliphatic carbocycles. The second kappa shape index (κ2) is 5.46. The van der Waals surface area contributed by atoms with E-state index in [2.05, 4.69) is 10.3 Å². The molecule has 2 N–H and O–H groups in total. The highest BCUT2D eigenvalue weighted by Crippen LogP contribution is 2.17. The summed E-state index contributed by atoms with van der Waals surface area (Å²) < 4.78 is 0. The summed E-state index contributed by atoms with van der Waals surface area (Å²) in [5, 5.41) is 12.6. The number of nitrogens with one attached hydrogen (secondary N) is 1. The molecule has 0 saturated heterocycles. The summed E-state index contributed by atoms with van der Waals surface area (Å²) >= 11 is 1.32. The van der Waals surface area contributed by atoms with Gasteiger partial charge in [0, 0.05) is 7.05 Å². The van der Waals surface area contributed by atoms with E-state index >= 15 is 0 Å². The highest BCUT2D eigenvalue weighted by atomic mass is 32.1. The molecular formula is C13H12N2O2S. The Balaban J connectivity index is 2.14. The van der Waals surface area contributed by atoms with Gasteiger partial charge in [-0.3, -0.25) is 4.79 Å². The largest absolute Gasteiger partial charge is 0.508 e. The molecule has 0 atom stereocenters. The number of rotatable bonds is 3. The highest BCUT2D eigenvalue weighted by molar-refractivity contribution is 7.14. The molecule has 4 nitrogen and oxygen atoms in total. The maximum atomic E-state index is 11.3. The van der Waals surface area contributed by atoms with Crippen molar-refractivity contribution in [3.05, 3.63) is 45.9 Å². The van der Waals surface area contributed by atoms with Crippen molar-refractivity contribution < 1.29 is 9.90 Å². The van der Waals surface area contributed by atoms with Crippen molar-refractivity contribution in [3.63, 3.8) is 0 Å². The van der Waals surface area contributed by atoms with E-state index in [1.807, 2.05) is 18.2 Å². The summed E-state index contributed by atoms with van der Waals surface area (Å²) in [5.74, 6) is 0.0897. The van der Waals surface area contributed by atoms with Crippen LogP contribution in [0.5, 0.6) is 5.75 Å². The van der Waals surface area contributed by atoms with Crippen LogP contribution in [0.15, 0.2) is 30.5 Å². The van der Waals surface area contributed by atoms with Crippen molar-refractivity contribution in [1.29, 1.82) is 0 Å². The lowest BCUT2D eigenvalue weighted by atomic mass is 10.2. The van der Waals surface area contributed by atoms with Crippen LogP contribution in [0.25, 0.3) is 12.2 Å². The van der Waals surface area contributed by atoms with Gasteiger partial charge in [0.25, 0.3) is 5.91 Å². The average molecular weight is 260 g/mol. The fourth-order valence-corrected chi connectivity index (χ4v) is 2.16. The van der Waals surface area contributed by atoms with Gasteiger partial charge in [0.2, 0.25) is 0 Å². The number of amides is 1. The highest BCUT2D eigenvalue weighted by Gasteiger charge is 2.06. The molecule has 92 valence electrons. The molecule has 5 heteroatoms. The molecule has 0 saturated carbocycles. The summed E-state index contributed by atoms with van der Waals surface area (Å²) in [6.07, 6.45) is 5.20. The lowest BCUT2D eigenvalue weighted by Gasteiger charge is -1.93. The Morgan fingerprint density at radius 1 is 1.44 bits per heavy atom. The summed E-state index contributed by atoms with van der Waals surface area (Å²) in [6, 6.07) is 6.92. The second-order valence-electron chi connectivity index (χ2n) is 3.57. The standard InChI is InChI=1S/C13H12N2O2S/c1-14-13(17)11-8-15-12(18-11)6-5-9-3-2-4-10(16)7-9/h2-8,16H,1H3,(H,14,17)/b6-5+. The number of hydrogen-bond acceptors (Lipinski definition) is 4. The van der Waals surface area contributed by atoms with Crippen LogP contribution >= 0.6 is 11.3 Å². The molecule has 1 aromatic heterocycles. The molecule has 0 radical (unpaired) electrons. The smallest absolute Gasteiger partial charge is 0.262 e. The number of nitrogens with zero attached hydrogens (tertiary/aromatic N) is 1. The van der Waals surface area contributed by atoms with E-state index in [4.69, 9.17) is 0 Å². The Labute approximate surface area is 109 Å². The zero-order valence-corrected chi connectivity index (χ0v) is 10.6. The van der Waals surface area contributed by atoms with Crippen LogP contribution in [0.4, 0.5) is 0 Å². The average Bonchev–Trinajstić information content (AvgIpc) is 2.84. The first-order valence-corrected chi connectivity index (χ1v) is 6.16. The van der Waals surface area contributed by atoms with Gasteiger partial charge in [-0.2, -0.15) is 0 Å². The van der Waals surface area contributed by atoms with Crippen molar-refractivity contribution >= 4 is 29.4 Å². The van der Waals surface area contributed by atoms with Crippen LogP contribution in [0.2, 0.25) is 0 Å². The number of aromatic nitrogens is 1. The zero-order chi connectivity index (χ0) is 13.0. The predicted octanol–water partition coefficient (Wildman–Crippen LogP) is 2.38. The van der Waals surface area contributed by atoms with E-state index in [0.29, 0.717) is 4.88 Å². The fourth-order valence-electron chi connectivity index (χ4n) is 1.39. The van der Waals surface area contributed by atoms with Gasteiger partial charge in [-0.25, -0.2) is 4.98 Å². The summed E-state index contributed by atoms with van der Waals surface area (Å²) in [4.78, 5) is 16.1. The molecule has 2 rings (SSSR count). The number of phenolic OH excluding ortho intramolecular Hbond substituents is 1. The molecule has 1 amide bonds. The van der Waals surface area contributed by atoms with Gasteiger partial charge >= 0.3 is 0 Å². The molecule has 0 spiro atoms. The normalized spacial score (nSPS) is 10.7. The van der Waals surface area contributed by atoms with Gasteiger partial charge in [0.1, 0.15) is 15.6 Å². The predicted molar refractivity (Wildman–Crippen MR) is 72.5 cm³/mol. The van der Waals surface area contributed by atoms with E-state index in [9.17, 15) is 9.90 Å². The molecule has 2 aromatic rings. The lowest BCUT2D eigenvalue weighted by molar-refractivity contribution is 0.0967. The van der Waals surface area contributed by atoms with Gasteiger partial charge in [0.05, 0.1) is 6.20 Å². The maximum Gasteiger partial charge on any atom is 0.262 e. The number of aromatic hydroxyl groups is 1. The summed E-state index contributed by atoms with van der Waals surface area (Å²) in [7, 11) is 1.59. The zero-order valence-electron chi connectivity index (χ0n) is 9.75. The van der Waals surface area contributed by atoms with Crippen molar-refractivity contribution in [2.45, 2.75) is 0 Å². The van der Waals surface area contributed by atoms with Gasteiger partial charge in [-0.1, -0.05) is 18.2 Å². The minimum atomic E-state index is -0.135. The van der Waals surface area contributed by atoms with E-state index < -0.39 is 0 Å². The number of carbonyl (C=O) groups is 1. The number of thiazole rings is 1. The monoisotopic (exact) mass is 260 g/mol. The van der Waals surface area contributed by atoms with Crippen molar-refractivity contribution in [3.8, 4) is 5.75 Å². The number of carbonyl (C=O) groups excluding carboxylic acids is 1. The quantitative estimate of drug-likeness (QED) is 0.890. The van der Waals surface area contributed by atoms with Crippen LogP contribution < -0.4 is 5.32 Å². The van der Waals surface area contributed by atoms with Gasteiger partial charge in [-0.15, -0.1) is 11.3 Å². The van der Waals surface area contributed by atoms with Crippen molar-refractivity contribution in [2.75, 3.05) is 7.05 Å². The molecular weight excluding hydrogens is 248 g/mol. The number of phenols is 1. The third kappa shape index (κ3) is 2.95. The third-order valence-electron chi connectivity index (χ3n) is 2.26. The van der Waals surface area contributed by atoms with E-state index in [-0.39, 0.29) is 11.7 Å². The summed E-state index contributed by atoms with van der Waals surface area (Å²) in [5.41, 5.74) is 0.881. The second-order valence-corrected chi connectivity index (χ2v) is 4.63. The van der Waals surface area contributed by atoms with Crippen LogP contribution in [-0.2, 0) is 0 Å². The Hall–Kier alpha value is -2.14.